The Morgan fingerprint density at radius 3 is 2.77 bits per heavy atom. The zero-order chi connectivity index (χ0) is 26.2. The molecule has 1 fully saturated rings. The zero-order valence-corrected chi connectivity index (χ0v) is 21.7. The maximum absolute atomic E-state index is 9.27. The molecule has 3 aromatic rings. The third-order valence-electron chi connectivity index (χ3n) is 6.62. The van der Waals surface area contributed by atoms with Crippen molar-refractivity contribution in [1.82, 2.24) is 19.9 Å². The molecule has 1 aromatic carbocycles. The minimum Gasteiger partial charge on any atom is -0.493 e. The van der Waals surface area contributed by atoms with Gasteiger partial charge >= 0.3 is 0 Å². The summed E-state index contributed by atoms with van der Waals surface area (Å²) in [6, 6.07) is 10.0. The number of ether oxygens (including phenoxy) is 3. The van der Waals surface area contributed by atoms with Crippen molar-refractivity contribution in [3.8, 4) is 22.9 Å². The Hall–Kier alpha value is -3.73. The van der Waals surface area contributed by atoms with Crippen molar-refractivity contribution in [3.05, 3.63) is 60.4 Å². The number of fused-ring (bicyclic) bond motifs is 7. The van der Waals surface area contributed by atoms with Crippen LogP contribution in [-0.4, -0.2) is 84.6 Å². The van der Waals surface area contributed by atoms with E-state index < -0.39 is 0 Å². The number of aromatic nitrogens is 3. The van der Waals surface area contributed by atoms with E-state index in [0.717, 1.165) is 55.1 Å². The van der Waals surface area contributed by atoms with Crippen LogP contribution in [0.4, 0.5) is 17.3 Å². The Kier molecular flexibility index (Phi) is 10.1. The minimum absolute atomic E-state index is 0. The molecule has 2 aromatic heterocycles. The second-order valence-corrected chi connectivity index (χ2v) is 9.14. The lowest BCUT2D eigenvalue weighted by atomic mass is 10.1. The number of rotatable bonds is 4. The number of piperazine rings is 1. The monoisotopic (exact) mass is 534 g/mol. The van der Waals surface area contributed by atoms with Crippen LogP contribution in [0.15, 0.2) is 54.9 Å². The smallest absolute Gasteiger partial charge is 0.227 e. The van der Waals surface area contributed by atoms with Crippen molar-refractivity contribution in [2.75, 3.05) is 69.9 Å². The summed E-state index contributed by atoms with van der Waals surface area (Å²) in [6.07, 6.45) is 8.20. The quantitative estimate of drug-likeness (QED) is 0.479. The van der Waals surface area contributed by atoms with Crippen LogP contribution in [0.25, 0.3) is 11.3 Å². The number of pyridine rings is 1. The molecule has 1 saturated heterocycles. The Bertz CT molecular complexity index is 1250. The zero-order valence-electron chi connectivity index (χ0n) is 21.7. The van der Waals surface area contributed by atoms with E-state index in [1.807, 2.05) is 24.3 Å². The molecule has 5 rings (SSSR count). The predicted molar refractivity (Wildman–Crippen MR) is 153 cm³/mol. The SMILES string of the molecule is C.COc1cnc2nc1-c1ccnc(c1)OCC/C=C/COCc1cc(ccc1N1CCN(CCO)CC1)N2. The van der Waals surface area contributed by atoms with Gasteiger partial charge in [-0.25, -0.2) is 15.0 Å². The number of aliphatic hydroxyl groups excluding tert-OH is 1. The first-order chi connectivity index (χ1) is 18.7. The Morgan fingerprint density at radius 1 is 1.08 bits per heavy atom. The number of hydrogen-bond donors (Lipinski definition) is 2. The summed E-state index contributed by atoms with van der Waals surface area (Å²) < 4.78 is 17.4. The summed E-state index contributed by atoms with van der Waals surface area (Å²) in [7, 11) is 1.60. The molecule has 208 valence electrons. The molecule has 4 heterocycles. The first-order valence-corrected chi connectivity index (χ1v) is 12.9. The third-order valence-corrected chi connectivity index (χ3v) is 6.62. The molecule has 2 N–H and O–H groups in total. The fraction of sp³-hybridized carbons (Fsp3) is 0.414. The first-order valence-electron chi connectivity index (χ1n) is 12.9. The topological polar surface area (TPSA) is 105 Å². The van der Waals surface area contributed by atoms with Crippen LogP contribution < -0.4 is 19.7 Å². The molecule has 0 unspecified atom stereocenters. The molecule has 10 heteroatoms. The summed E-state index contributed by atoms with van der Waals surface area (Å²) in [5.74, 6) is 1.55. The van der Waals surface area contributed by atoms with Gasteiger partial charge in [0.2, 0.25) is 11.8 Å². The van der Waals surface area contributed by atoms with Gasteiger partial charge in [0, 0.05) is 67.5 Å². The molecule has 10 nitrogen and oxygen atoms in total. The van der Waals surface area contributed by atoms with Gasteiger partial charge in [0.15, 0.2) is 5.75 Å². The Morgan fingerprint density at radius 2 is 1.95 bits per heavy atom. The molecule has 2 aliphatic rings. The molecular formula is C29H38N6O4. The van der Waals surface area contributed by atoms with Crippen molar-refractivity contribution < 1.29 is 19.3 Å². The van der Waals surface area contributed by atoms with E-state index in [2.05, 4.69) is 43.3 Å². The third kappa shape index (κ3) is 7.23. The molecule has 2 aliphatic heterocycles. The average molecular weight is 535 g/mol. The number of nitrogens with one attached hydrogen (secondary N) is 1. The van der Waals surface area contributed by atoms with Crippen LogP contribution in [0.5, 0.6) is 11.6 Å². The molecule has 0 amide bonds. The van der Waals surface area contributed by atoms with E-state index in [4.69, 9.17) is 19.2 Å². The number of β-amino-alcohol motifs (C(OH)–C–C–N with tert-alkyl or cyclic N) is 1. The second kappa shape index (κ2) is 13.9. The standard InChI is InChI=1S/C28H34N6O4.CH4/c1-36-25-19-30-28-31-23-5-6-24(34-11-9-33(10-12-34)13-14-35)22(17-23)20-37-15-3-2-4-16-38-26-18-21(7-8-29-26)27(25)32-28;/h2-3,5-8,17-19,35H,4,9-16,20H2,1H3,(H,30,31,32);1H4/b3-2+;. The number of hydrogen-bond acceptors (Lipinski definition) is 10. The Balaban J connectivity index is 0.00000353. The van der Waals surface area contributed by atoms with Crippen LogP contribution in [-0.2, 0) is 11.3 Å². The fourth-order valence-electron chi connectivity index (χ4n) is 4.65. The maximum atomic E-state index is 9.27. The van der Waals surface area contributed by atoms with E-state index in [1.165, 1.54) is 0 Å². The number of nitrogens with zero attached hydrogens (tertiary/aromatic N) is 5. The number of aliphatic hydroxyl groups is 1. The summed E-state index contributed by atoms with van der Waals surface area (Å²) in [5, 5.41) is 12.6. The van der Waals surface area contributed by atoms with Crippen LogP contribution in [0.2, 0.25) is 0 Å². The van der Waals surface area contributed by atoms with Gasteiger partial charge in [-0.1, -0.05) is 19.6 Å². The highest BCUT2D eigenvalue weighted by Gasteiger charge is 2.20. The Labute approximate surface area is 230 Å². The van der Waals surface area contributed by atoms with Crippen molar-refractivity contribution in [2.45, 2.75) is 20.5 Å². The van der Waals surface area contributed by atoms with Crippen LogP contribution >= 0.6 is 0 Å². The number of benzene rings is 1. The average Bonchev–Trinajstić information content (AvgIpc) is 2.95. The summed E-state index contributed by atoms with van der Waals surface area (Å²) in [4.78, 5) is 18.2. The summed E-state index contributed by atoms with van der Waals surface area (Å²) >= 11 is 0. The van der Waals surface area contributed by atoms with Gasteiger partial charge in [0.25, 0.3) is 0 Å². The minimum atomic E-state index is 0. The van der Waals surface area contributed by atoms with Crippen LogP contribution in [0.1, 0.15) is 19.4 Å². The number of anilines is 3. The van der Waals surface area contributed by atoms with E-state index >= 15 is 0 Å². The van der Waals surface area contributed by atoms with Crippen molar-refractivity contribution >= 4 is 17.3 Å². The second-order valence-electron chi connectivity index (χ2n) is 9.14. The van der Waals surface area contributed by atoms with Crippen molar-refractivity contribution in [1.29, 1.82) is 0 Å². The molecule has 39 heavy (non-hydrogen) atoms. The lowest BCUT2D eigenvalue weighted by Crippen LogP contribution is -2.47. The van der Waals surface area contributed by atoms with E-state index in [0.29, 0.717) is 49.6 Å². The van der Waals surface area contributed by atoms with Crippen molar-refractivity contribution in [3.63, 3.8) is 0 Å². The maximum Gasteiger partial charge on any atom is 0.227 e. The van der Waals surface area contributed by atoms with E-state index in [9.17, 15) is 5.11 Å². The van der Waals surface area contributed by atoms with Gasteiger partial charge < -0.3 is 29.5 Å². The van der Waals surface area contributed by atoms with E-state index in [1.54, 1.807) is 19.5 Å². The van der Waals surface area contributed by atoms with Gasteiger partial charge in [0.1, 0.15) is 5.69 Å². The molecular weight excluding hydrogens is 496 g/mol. The highest BCUT2D eigenvalue weighted by Crippen LogP contribution is 2.32. The normalized spacial score (nSPS) is 17.0. The lowest BCUT2D eigenvalue weighted by Gasteiger charge is -2.36. The molecule has 0 atom stereocenters. The predicted octanol–water partition coefficient (Wildman–Crippen LogP) is 3.90. The van der Waals surface area contributed by atoms with E-state index in [-0.39, 0.29) is 14.0 Å². The largest absolute Gasteiger partial charge is 0.493 e. The van der Waals surface area contributed by atoms with Gasteiger partial charge in [-0.2, -0.15) is 0 Å². The molecule has 0 radical (unpaired) electrons. The number of methoxy groups -OCH3 is 1. The highest BCUT2D eigenvalue weighted by molar-refractivity contribution is 5.69. The highest BCUT2D eigenvalue weighted by atomic mass is 16.5. The lowest BCUT2D eigenvalue weighted by molar-refractivity contribution is 0.148. The summed E-state index contributed by atoms with van der Waals surface area (Å²) in [5.41, 5.74) is 4.61. The summed E-state index contributed by atoms with van der Waals surface area (Å²) in [6.45, 7) is 6.05. The van der Waals surface area contributed by atoms with Crippen molar-refractivity contribution in [2.24, 2.45) is 0 Å². The fourth-order valence-corrected chi connectivity index (χ4v) is 4.65. The molecule has 6 bridgehead atoms. The van der Waals surface area contributed by atoms with Gasteiger partial charge in [0.05, 0.1) is 39.7 Å². The molecule has 0 saturated carbocycles. The first kappa shape index (κ1) is 28.3. The van der Waals surface area contributed by atoms with Crippen LogP contribution in [0.3, 0.4) is 0 Å². The molecule has 0 aliphatic carbocycles. The van der Waals surface area contributed by atoms with Gasteiger partial charge in [-0.15, -0.1) is 0 Å². The van der Waals surface area contributed by atoms with Crippen LogP contribution in [0, 0.1) is 0 Å². The molecule has 0 spiro atoms. The van der Waals surface area contributed by atoms with Gasteiger partial charge in [-0.05, 0) is 30.7 Å². The van der Waals surface area contributed by atoms with Gasteiger partial charge in [-0.3, -0.25) is 4.90 Å².